The maximum absolute atomic E-state index is 13.8. The van der Waals surface area contributed by atoms with Crippen LogP contribution in [-0.2, 0) is 17.5 Å². The van der Waals surface area contributed by atoms with Gasteiger partial charge in [-0.25, -0.2) is 4.79 Å². The fraction of sp³-hybridized carbons (Fsp3) is 0.419. The SMILES string of the molecule is Cc1c(N2[C@@H]3CC[C@H]2CC(OCc2c(-c4ccccc4C(F)(F)F)noc2C2CC2)C3)ccc2oc(C(=O)O)cc12. The number of piperidine rings is 1. The van der Waals surface area contributed by atoms with Crippen LogP contribution >= 0.6 is 0 Å². The Balaban J connectivity index is 1.12. The molecule has 3 fully saturated rings. The molecule has 4 aromatic rings. The molecule has 2 aliphatic heterocycles. The van der Waals surface area contributed by atoms with Crippen LogP contribution in [-0.4, -0.2) is 34.4 Å². The molecular formula is C31H29F3N2O5. The van der Waals surface area contributed by atoms with Crippen LogP contribution in [0.5, 0.6) is 0 Å². The van der Waals surface area contributed by atoms with E-state index in [1.54, 1.807) is 12.1 Å². The minimum Gasteiger partial charge on any atom is -0.475 e. The van der Waals surface area contributed by atoms with Crippen molar-refractivity contribution in [1.82, 2.24) is 5.16 Å². The molecule has 2 saturated heterocycles. The molecule has 3 atom stereocenters. The van der Waals surface area contributed by atoms with E-state index in [-0.39, 0.29) is 47.7 Å². The number of carbonyl (C=O) groups is 1. The molecule has 1 unspecified atom stereocenters. The Morgan fingerprint density at radius 2 is 1.83 bits per heavy atom. The number of benzene rings is 2. The van der Waals surface area contributed by atoms with Crippen LogP contribution < -0.4 is 4.90 Å². The van der Waals surface area contributed by atoms with Crippen LogP contribution in [0.15, 0.2) is 51.4 Å². The van der Waals surface area contributed by atoms with Gasteiger partial charge < -0.3 is 23.7 Å². The first-order valence-electron chi connectivity index (χ1n) is 14.0. The number of aromatic carboxylic acids is 1. The summed E-state index contributed by atoms with van der Waals surface area (Å²) in [4.78, 5) is 13.8. The van der Waals surface area contributed by atoms with E-state index in [1.807, 2.05) is 19.1 Å². The third-order valence-corrected chi connectivity index (χ3v) is 8.84. The Bertz CT molecular complexity index is 1620. The summed E-state index contributed by atoms with van der Waals surface area (Å²) in [7, 11) is 0. The topological polar surface area (TPSA) is 88.9 Å². The van der Waals surface area contributed by atoms with E-state index >= 15 is 0 Å². The van der Waals surface area contributed by atoms with Gasteiger partial charge in [0, 0.05) is 40.2 Å². The number of hydrogen-bond acceptors (Lipinski definition) is 6. The zero-order valence-electron chi connectivity index (χ0n) is 22.4. The van der Waals surface area contributed by atoms with Crippen LogP contribution in [0.25, 0.3) is 22.2 Å². The van der Waals surface area contributed by atoms with Crippen LogP contribution in [0, 0.1) is 6.92 Å². The summed E-state index contributed by atoms with van der Waals surface area (Å²) in [6, 6.07) is 11.4. The summed E-state index contributed by atoms with van der Waals surface area (Å²) >= 11 is 0. The van der Waals surface area contributed by atoms with Crippen molar-refractivity contribution < 1.29 is 36.7 Å². The molecule has 0 spiro atoms. The standard InChI is InChI=1S/C31H29F3N2O5/c1-16-22-14-27(30(37)38)40-26(22)11-10-25(16)36-18-8-9-19(36)13-20(12-18)39-15-23-28(35-41-29(23)17-6-7-17)21-4-2-3-5-24(21)31(32,33)34/h2-5,10-11,14,17-20H,6-9,12-13,15H2,1H3,(H,37,38)/t18-,19+,20?. The van der Waals surface area contributed by atoms with Gasteiger partial charge in [-0.2, -0.15) is 13.2 Å². The Hall–Kier alpha value is -3.79. The lowest BCUT2D eigenvalue weighted by Crippen LogP contribution is -2.45. The second-order valence-corrected chi connectivity index (χ2v) is 11.4. The van der Waals surface area contributed by atoms with Gasteiger partial charge in [0.25, 0.3) is 0 Å². The van der Waals surface area contributed by atoms with Crippen LogP contribution in [0.1, 0.15) is 77.4 Å². The number of nitrogens with zero attached hydrogens (tertiary/aromatic N) is 2. The van der Waals surface area contributed by atoms with Crippen molar-refractivity contribution in [2.24, 2.45) is 0 Å². The number of aromatic nitrogens is 1. The van der Waals surface area contributed by atoms with E-state index in [0.717, 1.165) is 61.2 Å². The van der Waals surface area contributed by atoms with Crippen LogP contribution in [0.2, 0.25) is 0 Å². The highest BCUT2D eigenvalue weighted by molar-refractivity contribution is 5.94. The lowest BCUT2D eigenvalue weighted by molar-refractivity contribution is -0.137. The Labute approximate surface area is 233 Å². The quantitative estimate of drug-likeness (QED) is 0.245. The molecule has 2 bridgehead atoms. The number of ether oxygens (including phenoxy) is 1. The zero-order valence-corrected chi connectivity index (χ0v) is 22.4. The summed E-state index contributed by atoms with van der Waals surface area (Å²) in [6.45, 7) is 2.14. The first-order valence-corrected chi connectivity index (χ1v) is 14.0. The van der Waals surface area contributed by atoms with Gasteiger partial charge in [-0.3, -0.25) is 0 Å². The van der Waals surface area contributed by atoms with Gasteiger partial charge in [0.05, 0.1) is 18.3 Å². The van der Waals surface area contributed by atoms with E-state index in [9.17, 15) is 23.1 Å². The number of anilines is 1. The number of halogens is 3. The third kappa shape index (κ3) is 4.58. The van der Waals surface area contributed by atoms with Gasteiger partial charge in [0.15, 0.2) is 0 Å². The van der Waals surface area contributed by atoms with Crippen molar-refractivity contribution in [3.05, 3.63) is 70.7 Å². The number of fused-ring (bicyclic) bond motifs is 3. The summed E-state index contributed by atoms with van der Waals surface area (Å²) < 4.78 is 59.0. The maximum atomic E-state index is 13.8. The normalized spacial score (nSPS) is 22.5. The number of rotatable bonds is 7. The highest BCUT2D eigenvalue weighted by atomic mass is 19.4. The van der Waals surface area contributed by atoms with Crippen molar-refractivity contribution >= 4 is 22.6 Å². The Morgan fingerprint density at radius 3 is 2.51 bits per heavy atom. The van der Waals surface area contributed by atoms with E-state index in [4.69, 9.17) is 13.7 Å². The minimum absolute atomic E-state index is 0.0142. The molecule has 0 radical (unpaired) electrons. The lowest BCUT2D eigenvalue weighted by atomic mass is 9.96. The zero-order chi connectivity index (χ0) is 28.5. The lowest BCUT2D eigenvalue weighted by Gasteiger charge is -2.41. The molecule has 214 valence electrons. The molecule has 1 aliphatic carbocycles. The molecule has 4 heterocycles. The van der Waals surface area contributed by atoms with Crippen LogP contribution in [0.4, 0.5) is 18.9 Å². The van der Waals surface area contributed by atoms with Crippen molar-refractivity contribution in [2.75, 3.05) is 4.90 Å². The average Bonchev–Trinajstić information content (AvgIpc) is 3.44. The van der Waals surface area contributed by atoms with Gasteiger partial charge in [-0.05, 0) is 75.3 Å². The average molecular weight is 567 g/mol. The molecular weight excluding hydrogens is 537 g/mol. The number of alkyl halides is 3. The fourth-order valence-electron chi connectivity index (χ4n) is 6.76. The Kier molecular flexibility index (Phi) is 6.15. The highest BCUT2D eigenvalue weighted by Crippen LogP contribution is 2.47. The molecule has 2 aromatic carbocycles. The largest absolute Gasteiger partial charge is 0.475 e. The van der Waals surface area contributed by atoms with Crippen molar-refractivity contribution in [2.45, 2.75) is 82.3 Å². The third-order valence-electron chi connectivity index (χ3n) is 8.84. The van der Waals surface area contributed by atoms with Crippen molar-refractivity contribution in [3.63, 3.8) is 0 Å². The second kappa shape index (κ2) is 9.65. The van der Waals surface area contributed by atoms with E-state index in [2.05, 4.69) is 10.1 Å². The molecule has 41 heavy (non-hydrogen) atoms. The van der Waals surface area contributed by atoms with Gasteiger partial charge >= 0.3 is 12.1 Å². The number of furan rings is 1. The predicted molar refractivity (Wildman–Crippen MR) is 144 cm³/mol. The van der Waals surface area contributed by atoms with Gasteiger partial charge in [-0.1, -0.05) is 23.4 Å². The fourth-order valence-corrected chi connectivity index (χ4v) is 6.76. The molecule has 0 amide bonds. The van der Waals surface area contributed by atoms with E-state index in [1.165, 1.54) is 12.1 Å². The summed E-state index contributed by atoms with van der Waals surface area (Å²) in [5.74, 6) is -0.356. The molecule has 7 nitrogen and oxygen atoms in total. The monoisotopic (exact) mass is 566 g/mol. The minimum atomic E-state index is -4.51. The van der Waals surface area contributed by atoms with Gasteiger partial charge in [0.2, 0.25) is 5.76 Å². The molecule has 3 aliphatic rings. The number of aryl methyl sites for hydroxylation is 1. The molecule has 1 saturated carbocycles. The molecule has 10 heteroatoms. The number of carboxylic acids is 1. The first-order chi connectivity index (χ1) is 19.7. The maximum Gasteiger partial charge on any atom is 0.417 e. The summed E-state index contributed by atoms with van der Waals surface area (Å²) in [5, 5.41) is 14.3. The highest BCUT2D eigenvalue weighted by Gasteiger charge is 2.43. The first kappa shape index (κ1) is 26.1. The number of carboxylic acid groups (broad SMARTS) is 1. The van der Waals surface area contributed by atoms with Crippen molar-refractivity contribution in [1.29, 1.82) is 0 Å². The summed E-state index contributed by atoms with van der Waals surface area (Å²) in [5.41, 5.74) is 2.73. The second-order valence-electron chi connectivity index (χ2n) is 11.4. The van der Waals surface area contributed by atoms with E-state index < -0.39 is 17.7 Å². The molecule has 2 aromatic heterocycles. The molecule has 1 N–H and O–H groups in total. The van der Waals surface area contributed by atoms with Crippen molar-refractivity contribution in [3.8, 4) is 11.3 Å². The molecule has 7 rings (SSSR count). The summed E-state index contributed by atoms with van der Waals surface area (Å²) in [6.07, 6.45) is 0.909. The Morgan fingerprint density at radius 1 is 1.10 bits per heavy atom. The van der Waals surface area contributed by atoms with Gasteiger partial charge in [-0.15, -0.1) is 0 Å². The van der Waals surface area contributed by atoms with E-state index in [0.29, 0.717) is 16.9 Å². The smallest absolute Gasteiger partial charge is 0.417 e. The van der Waals surface area contributed by atoms with Gasteiger partial charge in [0.1, 0.15) is 17.0 Å². The number of hydrogen-bond donors (Lipinski definition) is 1. The van der Waals surface area contributed by atoms with Crippen LogP contribution in [0.3, 0.4) is 0 Å². The predicted octanol–water partition coefficient (Wildman–Crippen LogP) is 7.71.